The molecule has 0 atom stereocenters. The van der Waals surface area contributed by atoms with Crippen LogP contribution in [-0.4, -0.2) is 26.2 Å². The van der Waals surface area contributed by atoms with E-state index in [0.717, 1.165) is 25.3 Å². The molecule has 0 bridgehead atoms. The zero-order valence-corrected chi connectivity index (χ0v) is 11.9. The number of nitrogens with one attached hydrogen (secondary N) is 2. The van der Waals surface area contributed by atoms with Crippen LogP contribution < -0.4 is 21.3 Å². The fourth-order valence-electron chi connectivity index (χ4n) is 1.54. The number of hydrogen-bond donors (Lipinski definition) is 3. The second kappa shape index (κ2) is 8.37. The number of aliphatic imine (C=N–C) groups is 1. The first-order chi connectivity index (χ1) is 9.15. The molecule has 0 aliphatic rings. The monoisotopic (exact) mass is 264 g/mol. The van der Waals surface area contributed by atoms with Crippen LogP contribution >= 0.6 is 0 Å². The Hall–Kier alpha value is -1.75. The van der Waals surface area contributed by atoms with E-state index in [9.17, 15) is 0 Å². The second-order valence-electron chi connectivity index (χ2n) is 4.75. The third-order valence-corrected chi connectivity index (χ3v) is 2.62. The summed E-state index contributed by atoms with van der Waals surface area (Å²) in [5.74, 6) is 7.45. The molecule has 0 spiro atoms. The topological polar surface area (TPSA) is 71.7 Å². The van der Waals surface area contributed by atoms with Crippen molar-refractivity contribution >= 4 is 5.96 Å². The quantitative estimate of drug-likeness (QED) is 0.313. The molecule has 0 saturated heterocycles. The molecule has 0 aliphatic heterocycles. The third kappa shape index (κ3) is 6.10. The maximum atomic E-state index is 5.42. The molecule has 0 heterocycles. The summed E-state index contributed by atoms with van der Waals surface area (Å²) < 4.78 is 5.12. The van der Waals surface area contributed by atoms with Crippen molar-refractivity contribution in [1.82, 2.24) is 10.7 Å². The molecule has 19 heavy (non-hydrogen) atoms. The molecule has 5 nitrogen and oxygen atoms in total. The van der Waals surface area contributed by atoms with Crippen LogP contribution in [0.1, 0.15) is 19.4 Å². The Morgan fingerprint density at radius 3 is 2.53 bits per heavy atom. The zero-order valence-electron chi connectivity index (χ0n) is 11.9. The van der Waals surface area contributed by atoms with E-state index < -0.39 is 0 Å². The number of ether oxygens (including phenoxy) is 1. The largest absolute Gasteiger partial charge is 0.497 e. The van der Waals surface area contributed by atoms with Crippen LogP contribution in [0, 0.1) is 5.92 Å². The van der Waals surface area contributed by atoms with Crippen LogP contribution in [0.25, 0.3) is 0 Å². The van der Waals surface area contributed by atoms with Gasteiger partial charge in [-0.05, 0) is 30.0 Å². The highest BCUT2D eigenvalue weighted by atomic mass is 16.5. The highest BCUT2D eigenvalue weighted by Gasteiger charge is 1.98. The molecule has 1 aromatic rings. The molecule has 5 heteroatoms. The lowest BCUT2D eigenvalue weighted by molar-refractivity contribution is 0.414. The molecule has 4 N–H and O–H groups in total. The van der Waals surface area contributed by atoms with Crippen LogP contribution in [0.4, 0.5) is 0 Å². The molecule has 0 saturated carbocycles. The Labute approximate surface area is 115 Å². The van der Waals surface area contributed by atoms with Crippen LogP contribution in [0.2, 0.25) is 0 Å². The van der Waals surface area contributed by atoms with E-state index in [1.807, 2.05) is 12.1 Å². The van der Waals surface area contributed by atoms with Crippen molar-refractivity contribution in [3.8, 4) is 5.75 Å². The van der Waals surface area contributed by atoms with Gasteiger partial charge in [0.25, 0.3) is 0 Å². The molecule has 0 aromatic heterocycles. The summed E-state index contributed by atoms with van der Waals surface area (Å²) in [6.07, 6.45) is 0.909. The fraction of sp³-hybridized carbons (Fsp3) is 0.500. The first kappa shape index (κ1) is 15.3. The van der Waals surface area contributed by atoms with E-state index >= 15 is 0 Å². The highest BCUT2D eigenvalue weighted by molar-refractivity contribution is 5.79. The molecule has 0 unspecified atom stereocenters. The van der Waals surface area contributed by atoms with Crippen molar-refractivity contribution in [2.24, 2.45) is 16.8 Å². The van der Waals surface area contributed by atoms with Crippen molar-refractivity contribution < 1.29 is 4.74 Å². The van der Waals surface area contributed by atoms with Gasteiger partial charge in [-0.2, -0.15) is 0 Å². The number of benzene rings is 1. The van der Waals surface area contributed by atoms with Gasteiger partial charge in [-0.1, -0.05) is 26.0 Å². The molecule has 106 valence electrons. The zero-order chi connectivity index (χ0) is 14.1. The van der Waals surface area contributed by atoms with Gasteiger partial charge in [-0.3, -0.25) is 10.4 Å². The number of nitrogens with two attached hydrogens (primary N) is 1. The predicted molar refractivity (Wildman–Crippen MR) is 79.2 cm³/mol. The van der Waals surface area contributed by atoms with Gasteiger partial charge >= 0.3 is 0 Å². The number of hydrazine groups is 1. The van der Waals surface area contributed by atoms with Crippen LogP contribution in [0.3, 0.4) is 0 Å². The normalized spacial score (nSPS) is 11.5. The minimum atomic E-state index is 0.520. The molecule has 0 radical (unpaired) electrons. The van der Waals surface area contributed by atoms with E-state index in [4.69, 9.17) is 10.6 Å². The molecule has 0 aliphatic carbocycles. The lowest BCUT2D eigenvalue weighted by atomic mass is 10.1. The Balaban J connectivity index is 2.37. The number of guanidine groups is 1. The lowest BCUT2D eigenvalue weighted by Gasteiger charge is -2.10. The van der Waals surface area contributed by atoms with Crippen molar-refractivity contribution in [1.29, 1.82) is 0 Å². The van der Waals surface area contributed by atoms with E-state index in [1.165, 1.54) is 5.56 Å². The number of nitrogens with zero attached hydrogens (tertiary/aromatic N) is 1. The first-order valence-electron chi connectivity index (χ1n) is 6.53. The van der Waals surface area contributed by atoms with Gasteiger partial charge in [0.05, 0.1) is 7.11 Å². The first-order valence-corrected chi connectivity index (χ1v) is 6.53. The van der Waals surface area contributed by atoms with Gasteiger partial charge in [0.15, 0.2) is 0 Å². The van der Waals surface area contributed by atoms with Crippen LogP contribution in [-0.2, 0) is 6.42 Å². The van der Waals surface area contributed by atoms with Gasteiger partial charge < -0.3 is 10.1 Å². The number of hydrogen-bond acceptors (Lipinski definition) is 3. The fourth-order valence-corrected chi connectivity index (χ4v) is 1.54. The summed E-state index contributed by atoms with van der Waals surface area (Å²) in [6, 6.07) is 8.04. The van der Waals surface area contributed by atoms with Gasteiger partial charge in [-0.25, -0.2) is 5.84 Å². The van der Waals surface area contributed by atoms with Gasteiger partial charge in [-0.15, -0.1) is 0 Å². The number of rotatable bonds is 6. The van der Waals surface area contributed by atoms with Crippen LogP contribution in [0.5, 0.6) is 5.75 Å². The number of methoxy groups -OCH3 is 1. The van der Waals surface area contributed by atoms with Crippen molar-refractivity contribution in [2.75, 3.05) is 20.2 Å². The Bertz CT molecular complexity index is 387. The Morgan fingerprint density at radius 2 is 2.00 bits per heavy atom. The van der Waals surface area contributed by atoms with E-state index in [2.05, 4.69) is 41.7 Å². The molecular formula is C14H24N4O. The summed E-state index contributed by atoms with van der Waals surface area (Å²) in [5, 5.41) is 3.18. The molecular weight excluding hydrogens is 240 g/mol. The van der Waals surface area contributed by atoms with Gasteiger partial charge in [0.1, 0.15) is 5.75 Å². The Morgan fingerprint density at radius 1 is 1.32 bits per heavy atom. The van der Waals surface area contributed by atoms with Gasteiger partial charge in [0, 0.05) is 13.1 Å². The summed E-state index contributed by atoms with van der Waals surface area (Å²) in [7, 11) is 1.67. The average molecular weight is 264 g/mol. The SMILES string of the molecule is COc1ccc(CCNC(=NCC(C)C)NN)cc1. The second-order valence-corrected chi connectivity index (χ2v) is 4.75. The molecule has 1 rings (SSSR count). The van der Waals surface area contributed by atoms with E-state index in [1.54, 1.807) is 7.11 Å². The highest BCUT2D eigenvalue weighted by Crippen LogP contribution is 2.11. The summed E-state index contributed by atoms with van der Waals surface area (Å²) in [6.45, 7) is 5.78. The summed E-state index contributed by atoms with van der Waals surface area (Å²) in [5.41, 5.74) is 3.82. The smallest absolute Gasteiger partial charge is 0.205 e. The van der Waals surface area contributed by atoms with Crippen molar-refractivity contribution in [3.05, 3.63) is 29.8 Å². The maximum absolute atomic E-state index is 5.42. The van der Waals surface area contributed by atoms with Crippen molar-refractivity contribution in [2.45, 2.75) is 20.3 Å². The average Bonchev–Trinajstić information content (AvgIpc) is 2.43. The molecule has 0 amide bonds. The maximum Gasteiger partial charge on any atom is 0.205 e. The minimum Gasteiger partial charge on any atom is -0.497 e. The van der Waals surface area contributed by atoms with E-state index in [0.29, 0.717) is 11.9 Å². The molecule has 1 aromatic carbocycles. The van der Waals surface area contributed by atoms with Crippen molar-refractivity contribution in [3.63, 3.8) is 0 Å². The van der Waals surface area contributed by atoms with Crippen LogP contribution in [0.15, 0.2) is 29.3 Å². The van der Waals surface area contributed by atoms with E-state index in [-0.39, 0.29) is 0 Å². The molecule has 0 fully saturated rings. The summed E-state index contributed by atoms with van der Waals surface area (Å²) in [4.78, 5) is 4.35. The third-order valence-electron chi connectivity index (χ3n) is 2.62. The predicted octanol–water partition coefficient (Wildman–Crippen LogP) is 1.30. The minimum absolute atomic E-state index is 0.520. The lowest BCUT2D eigenvalue weighted by Crippen LogP contribution is -2.42. The Kier molecular flexibility index (Phi) is 6.74. The van der Waals surface area contributed by atoms with Gasteiger partial charge in [0.2, 0.25) is 5.96 Å². The summed E-state index contributed by atoms with van der Waals surface area (Å²) >= 11 is 0. The standard InChI is InChI=1S/C14H24N4O/c1-11(2)10-17-14(18-15)16-9-8-12-4-6-13(19-3)7-5-12/h4-7,11H,8-10,15H2,1-3H3,(H2,16,17,18).